The highest BCUT2D eigenvalue weighted by molar-refractivity contribution is 5.84. The molecule has 0 aliphatic heterocycles. The molecule has 0 unspecified atom stereocenters. The molecule has 7 nitrogen and oxygen atoms in total. The summed E-state index contributed by atoms with van der Waals surface area (Å²) in [5.74, 6) is -1.75. The summed E-state index contributed by atoms with van der Waals surface area (Å²) in [7, 11) is 6.16. The fourth-order valence-electron chi connectivity index (χ4n) is 5.59. The van der Waals surface area contributed by atoms with Crippen LogP contribution in [0.25, 0.3) is 0 Å². The highest BCUT2D eigenvalue weighted by atomic mass is 16.5. The molecule has 1 amide bonds. The van der Waals surface area contributed by atoms with Crippen molar-refractivity contribution in [3.63, 3.8) is 0 Å². The molecule has 0 saturated carbocycles. The van der Waals surface area contributed by atoms with Gasteiger partial charge in [0, 0.05) is 6.42 Å². The van der Waals surface area contributed by atoms with Crippen LogP contribution >= 0.6 is 0 Å². The zero-order valence-electron chi connectivity index (χ0n) is 35.5. The van der Waals surface area contributed by atoms with Crippen LogP contribution < -0.4 is 5.32 Å². The molecular weight excluding hydrogens is 685 g/mol. The lowest BCUT2D eigenvalue weighted by atomic mass is 10.1. The molecule has 55 heavy (non-hydrogen) atoms. The van der Waals surface area contributed by atoms with Gasteiger partial charge in [-0.15, -0.1) is 0 Å². The number of ether oxygens (including phenoxy) is 1. The highest BCUT2D eigenvalue weighted by Gasteiger charge is 2.24. The Balaban J connectivity index is 4.75. The molecule has 0 saturated heterocycles. The summed E-state index contributed by atoms with van der Waals surface area (Å²) >= 11 is 0. The SMILES string of the molecule is CC/C=C\C/C=C\C/C=C\C/C=C\C/C=C\CCCC(=O)O[C@H](CCCC/C=C\C/C=C\C/C=C\CCCCC)CC(=O)N[C@@H](CCC[N+](C)(C)C)C(=O)O. The molecule has 0 radical (unpaired) electrons. The first-order chi connectivity index (χ1) is 26.6. The fourth-order valence-corrected chi connectivity index (χ4v) is 5.59. The van der Waals surface area contributed by atoms with Crippen molar-refractivity contribution in [1.29, 1.82) is 0 Å². The Labute approximate surface area is 336 Å². The van der Waals surface area contributed by atoms with Crippen molar-refractivity contribution in [2.75, 3.05) is 27.7 Å². The van der Waals surface area contributed by atoms with Gasteiger partial charge in [-0.2, -0.15) is 0 Å². The maximum atomic E-state index is 13.0. The molecular formula is C48H79N2O5+. The summed E-state index contributed by atoms with van der Waals surface area (Å²) in [5.41, 5.74) is 0. The van der Waals surface area contributed by atoms with E-state index in [0.29, 0.717) is 25.7 Å². The third-order valence-corrected chi connectivity index (χ3v) is 8.74. The standard InChI is InChI=1S/C48H78N2O5/c1-6-8-10-12-14-16-18-20-22-23-25-27-29-31-33-35-37-41-47(52)55-44(43-46(51)49-45(48(53)54)40-38-42-50(3,4)5)39-36-34-32-30-28-26-24-21-19-17-15-13-11-9-7-2/h8,10,14-17,20-22,24-25,27-28,30-31,33,44-45H,6-7,9,11-13,18-19,23,26,29,32,34-43H2,1-5H3,(H-,49,51,53,54)/p+1/b10-8-,16-14-,17-15-,22-20-,24-21-,27-25-,30-28-,33-31-/t44-,45+/m1/s1. The predicted molar refractivity (Wildman–Crippen MR) is 234 cm³/mol. The number of aliphatic carboxylic acids is 1. The van der Waals surface area contributed by atoms with E-state index in [1.54, 1.807) is 0 Å². The van der Waals surface area contributed by atoms with E-state index in [1.807, 2.05) is 0 Å². The second-order valence-corrected chi connectivity index (χ2v) is 15.2. The largest absolute Gasteiger partial charge is 0.480 e. The molecule has 0 aromatic rings. The van der Waals surface area contributed by atoms with Crippen molar-refractivity contribution < 1.29 is 28.7 Å². The number of nitrogens with one attached hydrogen (secondary N) is 1. The third-order valence-electron chi connectivity index (χ3n) is 8.74. The first-order valence-corrected chi connectivity index (χ1v) is 21.3. The lowest BCUT2D eigenvalue weighted by Crippen LogP contribution is -2.43. The van der Waals surface area contributed by atoms with Gasteiger partial charge in [0.25, 0.3) is 0 Å². The number of nitrogens with zero attached hydrogens (tertiary/aromatic N) is 1. The number of carbonyl (C=O) groups is 3. The molecule has 0 spiro atoms. The van der Waals surface area contributed by atoms with Gasteiger partial charge in [-0.1, -0.05) is 124 Å². The van der Waals surface area contributed by atoms with Crippen LogP contribution in [0.5, 0.6) is 0 Å². The molecule has 0 aromatic heterocycles. The van der Waals surface area contributed by atoms with Crippen molar-refractivity contribution in [3.05, 3.63) is 97.2 Å². The van der Waals surface area contributed by atoms with Crippen LogP contribution in [0, 0.1) is 0 Å². The molecule has 0 aliphatic carbocycles. The number of amides is 1. The second-order valence-electron chi connectivity index (χ2n) is 15.2. The topological polar surface area (TPSA) is 92.7 Å². The van der Waals surface area contributed by atoms with Crippen LogP contribution in [0.4, 0.5) is 0 Å². The van der Waals surface area contributed by atoms with Gasteiger partial charge in [0.05, 0.1) is 34.1 Å². The molecule has 0 rings (SSSR count). The third kappa shape index (κ3) is 38.4. The average Bonchev–Trinajstić information content (AvgIpc) is 3.13. The van der Waals surface area contributed by atoms with Crippen molar-refractivity contribution in [2.45, 2.75) is 161 Å². The Bertz CT molecular complexity index is 1220. The number of hydrogen-bond donors (Lipinski definition) is 2. The summed E-state index contributed by atoms with van der Waals surface area (Å²) in [4.78, 5) is 37.7. The van der Waals surface area contributed by atoms with Crippen LogP contribution in [-0.2, 0) is 19.1 Å². The first-order valence-electron chi connectivity index (χ1n) is 21.3. The van der Waals surface area contributed by atoms with E-state index in [-0.39, 0.29) is 18.8 Å². The number of quaternary nitrogens is 1. The van der Waals surface area contributed by atoms with Crippen LogP contribution in [0.15, 0.2) is 97.2 Å². The monoisotopic (exact) mass is 764 g/mol. The molecule has 7 heteroatoms. The normalized spacial score (nSPS) is 14.0. The minimum absolute atomic E-state index is 0.0344. The zero-order chi connectivity index (χ0) is 40.7. The molecule has 0 fully saturated rings. The predicted octanol–water partition coefficient (Wildman–Crippen LogP) is 11.9. The Morgan fingerprint density at radius 1 is 0.582 bits per heavy atom. The van der Waals surface area contributed by atoms with E-state index in [0.717, 1.165) is 88.1 Å². The van der Waals surface area contributed by atoms with E-state index < -0.39 is 24.0 Å². The van der Waals surface area contributed by atoms with Crippen LogP contribution in [-0.4, -0.2) is 67.3 Å². The number of esters is 1. The number of rotatable bonds is 35. The van der Waals surface area contributed by atoms with E-state index in [9.17, 15) is 19.5 Å². The van der Waals surface area contributed by atoms with Gasteiger partial charge >= 0.3 is 11.9 Å². The smallest absolute Gasteiger partial charge is 0.326 e. The van der Waals surface area contributed by atoms with Gasteiger partial charge in [-0.3, -0.25) is 9.59 Å². The Kier molecular flexibility index (Phi) is 34.7. The minimum atomic E-state index is -1.04. The summed E-state index contributed by atoms with van der Waals surface area (Å²) in [6, 6.07) is -0.958. The lowest BCUT2D eigenvalue weighted by Gasteiger charge is -2.25. The summed E-state index contributed by atoms with van der Waals surface area (Å²) in [6.45, 7) is 5.17. The van der Waals surface area contributed by atoms with Crippen molar-refractivity contribution in [1.82, 2.24) is 5.32 Å². The van der Waals surface area contributed by atoms with Crippen LogP contribution in [0.1, 0.15) is 149 Å². The van der Waals surface area contributed by atoms with Gasteiger partial charge < -0.3 is 19.6 Å². The summed E-state index contributed by atoms with van der Waals surface area (Å²) in [6.07, 6.45) is 51.9. The second kappa shape index (κ2) is 37.2. The zero-order valence-corrected chi connectivity index (χ0v) is 35.5. The molecule has 2 N–H and O–H groups in total. The Hall–Kier alpha value is -3.71. The molecule has 2 atom stereocenters. The van der Waals surface area contributed by atoms with Crippen molar-refractivity contribution in [3.8, 4) is 0 Å². The molecule has 310 valence electrons. The Morgan fingerprint density at radius 2 is 1.04 bits per heavy atom. The van der Waals surface area contributed by atoms with Crippen LogP contribution in [0.2, 0.25) is 0 Å². The first kappa shape index (κ1) is 51.3. The van der Waals surface area contributed by atoms with Crippen molar-refractivity contribution in [2.24, 2.45) is 0 Å². The number of carbonyl (C=O) groups excluding carboxylic acids is 2. The number of hydrogen-bond acceptors (Lipinski definition) is 4. The minimum Gasteiger partial charge on any atom is -0.480 e. The molecule has 0 aliphatic rings. The summed E-state index contributed by atoms with van der Waals surface area (Å²) < 4.78 is 6.53. The summed E-state index contributed by atoms with van der Waals surface area (Å²) in [5, 5.41) is 12.4. The average molecular weight is 764 g/mol. The van der Waals surface area contributed by atoms with E-state index in [4.69, 9.17) is 4.74 Å². The fraction of sp³-hybridized carbons (Fsp3) is 0.604. The van der Waals surface area contributed by atoms with Gasteiger partial charge in [0.1, 0.15) is 12.1 Å². The number of carboxylic acids is 1. The number of allylic oxidation sites excluding steroid dienone is 16. The van der Waals surface area contributed by atoms with Gasteiger partial charge in [0.15, 0.2) is 0 Å². The molecule has 0 aromatic carbocycles. The van der Waals surface area contributed by atoms with E-state index in [2.05, 4.69) is 138 Å². The molecule has 0 heterocycles. The van der Waals surface area contributed by atoms with Gasteiger partial charge in [-0.25, -0.2) is 4.79 Å². The maximum Gasteiger partial charge on any atom is 0.326 e. The van der Waals surface area contributed by atoms with Gasteiger partial charge in [-0.05, 0) is 109 Å². The lowest BCUT2D eigenvalue weighted by molar-refractivity contribution is -0.870. The van der Waals surface area contributed by atoms with Crippen molar-refractivity contribution >= 4 is 17.8 Å². The number of unbranched alkanes of at least 4 members (excludes halogenated alkanes) is 6. The van der Waals surface area contributed by atoms with E-state index >= 15 is 0 Å². The molecule has 0 bridgehead atoms. The number of carboxylic acid groups (broad SMARTS) is 1. The van der Waals surface area contributed by atoms with E-state index in [1.165, 1.54) is 19.3 Å². The van der Waals surface area contributed by atoms with Crippen LogP contribution in [0.3, 0.4) is 0 Å². The highest BCUT2D eigenvalue weighted by Crippen LogP contribution is 2.14. The quantitative estimate of drug-likeness (QED) is 0.0290. The van der Waals surface area contributed by atoms with Gasteiger partial charge in [0.2, 0.25) is 5.91 Å². The Morgan fingerprint density at radius 3 is 1.49 bits per heavy atom. The maximum absolute atomic E-state index is 13.0.